The zero-order valence-corrected chi connectivity index (χ0v) is 9.05. The van der Waals surface area contributed by atoms with Crippen LogP contribution in [0.25, 0.3) is 0 Å². The Labute approximate surface area is 85.9 Å². The first kappa shape index (κ1) is 9.70. The van der Waals surface area contributed by atoms with Crippen molar-refractivity contribution in [2.75, 3.05) is 0 Å². The standard InChI is InChI=1S/C13H18O/c1-9(2)7-13(10(3)14)8-11-4-5-12(13)6-11/h4-5,11-12H,1,6-8H2,2-3H3. The van der Waals surface area contributed by atoms with Crippen LogP contribution < -0.4 is 0 Å². The fourth-order valence-electron chi connectivity index (χ4n) is 3.23. The Bertz CT molecular complexity index is 313. The van der Waals surface area contributed by atoms with Gasteiger partial charge in [-0.1, -0.05) is 17.7 Å². The molecule has 14 heavy (non-hydrogen) atoms. The summed E-state index contributed by atoms with van der Waals surface area (Å²) in [7, 11) is 0. The van der Waals surface area contributed by atoms with E-state index in [2.05, 4.69) is 18.7 Å². The van der Waals surface area contributed by atoms with Gasteiger partial charge in [-0.3, -0.25) is 4.79 Å². The number of ketones is 1. The lowest BCUT2D eigenvalue weighted by atomic mass is 9.69. The lowest BCUT2D eigenvalue weighted by Gasteiger charge is -2.33. The summed E-state index contributed by atoms with van der Waals surface area (Å²) < 4.78 is 0. The Balaban J connectivity index is 2.29. The van der Waals surface area contributed by atoms with Crippen LogP contribution in [-0.4, -0.2) is 5.78 Å². The van der Waals surface area contributed by atoms with Crippen LogP contribution in [0.15, 0.2) is 24.3 Å². The molecule has 1 nitrogen and oxygen atoms in total. The summed E-state index contributed by atoms with van der Waals surface area (Å²) in [5.41, 5.74) is 1.05. The highest BCUT2D eigenvalue weighted by Crippen LogP contribution is 2.55. The van der Waals surface area contributed by atoms with E-state index in [0.717, 1.165) is 18.4 Å². The van der Waals surface area contributed by atoms with Gasteiger partial charge in [0, 0.05) is 5.41 Å². The van der Waals surface area contributed by atoms with Crippen molar-refractivity contribution in [1.29, 1.82) is 0 Å². The highest BCUT2D eigenvalue weighted by Gasteiger charge is 2.50. The van der Waals surface area contributed by atoms with Crippen molar-refractivity contribution in [3.05, 3.63) is 24.3 Å². The molecule has 0 N–H and O–H groups in total. The molecule has 1 heteroatoms. The smallest absolute Gasteiger partial charge is 0.136 e. The maximum atomic E-state index is 11.8. The van der Waals surface area contributed by atoms with Gasteiger partial charge in [0.25, 0.3) is 0 Å². The molecule has 3 atom stereocenters. The van der Waals surface area contributed by atoms with Crippen LogP contribution in [0.2, 0.25) is 0 Å². The quantitative estimate of drug-likeness (QED) is 0.625. The third kappa shape index (κ3) is 1.26. The molecule has 1 fully saturated rings. The van der Waals surface area contributed by atoms with E-state index in [1.54, 1.807) is 6.92 Å². The predicted octanol–water partition coefficient (Wildman–Crippen LogP) is 3.12. The van der Waals surface area contributed by atoms with Gasteiger partial charge in [0.15, 0.2) is 0 Å². The third-order valence-corrected chi connectivity index (χ3v) is 3.83. The summed E-state index contributed by atoms with van der Waals surface area (Å²) >= 11 is 0. The van der Waals surface area contributed by atoms with E-state index in [-0.39, 0.29) is 5.41 Å². The van der Waals surface area contributed by atoms with Crippen molar-refractivity contribution >= 4 is 5.78 Å². The van der Waals surface area contributed by atoms with Crippen LogP contribution in [0.4, 0.5) is 0 Å². The minimum absolute atomic E-state index is 0.0920. The highest BCUT2D eigenvalue weighted by atomic mass is 16.1. The molecule has 0 aliphatic heterocycles. The van der Waals surface area contributed by atoms with Crippen LogP contribution in [0.3, 0.4) is 0 Å². The second-order valence-corrected chi connectivity index (χ2v) is 5.04. The van der Waals surface area contributed by atoms with Gasteiger partial charge < -0.3 is 0 Å². The van der Waals surface area contributed by atoms with E-state index in [4.69, 9.17) is 0 Å². The summed E-state index contributed by atoms with van der Waals surface area (Å²) in [4.78, 5) is 11.8. The van der Waals surface area contributed by atoms with Gasteiger partial charge in [0.05, 0.1) is 0 Å². The molecule has 0 aromatic carbocycles. The van der Waals surface area contributed by atoms with E-state index in [1.165, 1.54) is 6.42 Å². The predicted molar refractivity (Wildman–Crippen MR) is 57.9 cm³/mol. The molecule has 76 valence electrons. The first-order chi connectivity index (χ1) is 6.54. The molecule has 2 aliphatic carbocycles. The van der Waals surface area contributed by atoms with Crippen LogP contribution in [-0.2, 0) is 4.79 Å². The van der Waals surface area contributed by atoms with E-state index < -0.39 is 0 Å². The van der Waals surface area contributed by atoms with Gasteiger partial charge in [0.2, 0.25) is 0 Å². The van der Waals surface area contributed by atoms with Crippen LogP contribution >= 0.6 is 0 Å². The number of allylic oxidation sites excluding steroid dienone is 3. The Hall–Kier alpha value is -0.850. The van der Waals surface area contributed by atoms with Crippen molar-refractivity contribution in [2.45, 2.75) is 33.1 Å². The second-order valence-electron chi connectivity index (χ2n) is 5.04. The van der Waals surface area contributed by atoms with Gasteiger partial charge in [-0.15, -0.1) is 6.58 Å². The fourth-order valence-corrected chi connectivity index (χ4v) is 3.23. The number of hydrogen-bond donors (Lipinski definition) is 0. The molecule has 0 aromatic rings. The number of fused-ring (bicyclic) bond motifs is 2. The van der Waals surface area contributed by atoms with Crippen molar-refractivity contribution in [3.8, 4) is 0 Å². The Morgan fingerprint density at radius 1 is 1.50 bits per heavy atom. The first-order valence-corrected chi connectivity index (χ1v) is 5.38. The molecule has 0 spiro atoms. The van der Waals surface area contributed by atoms with E-state index in [0.29, 0.717) is 17.6 Å². The second kappa shape index (κ2) is 3.08. The Morgan fingerprint density at radius 3 is 2.57 bits per heavy atom. The van der Waals surface area contributed by atoms with Gasteiger partial charge in [-0.05, 0) is 44.9 Å². The average Bonchev–Trinajstić information content (AvgIpc) is 2.61. The molecule has 2 aliphatic rings. The minimum atomic E-state index is -0.0920. The number of carbonyl (C=O) groups excluding carboxylic acids is 1. The van der Waals surface area contributed by atoms with Gasteiger partial charge >= 0.3 is 0 Å². The van der Waals surface area contributed by atoms with Crippen molar-refractivity contribution in [3.63, 3.8) is 0 Å². The van der Waals surface area contributed by atoms with Gasteiger partial charge in [-0.25, -0.2) is 0 Å². The Morgan fingerprint density at radius 2 is 2.21 bits per heavy atom. The molecule has 0 amide bonds. The summed E-state index contributed by atoms with van der Waals surface area (Å²) in [5.74, 6) is 1.50. The number of rotatable bonds is 3. The largest absolute Gasteiger partial charge is 0.299 e. The number of hydrogen-bond acceptors (Lipinski definition) is 1. The summed E-state index contributed by atoms with van der Waals surface area (Å²) in [6.07, 6.45) is 7.65. The zero-order chi connectivity index (χ0) is 10.3. The van der Waals surface area contributed by atoms with Crippen molar-refractivity contribution < 1.29 is 4.79 Å². The topological polar surface area (TPSA) is 17.1 Å². The van der Waals surface area contributed by atoms with Crippen molar-refractivity contribution in [2.24, 2.45) is 17.3 Å². The summed E-state index contributed by atoms with van der Waals surface area (Å²) in [6, 6.07) is 0. The summed E-state index contributed by atoms with van der Waals surface area (Å²) in [5, 5.41) is 0. The Kier molecular flexibility index (Phi) is 2.13. The lowest BCUT2D eigenvalue weighted by molar-refractivity contribution is -0.128. The lowest BCUT2D eigenvalue weighted by Crippen LogP contribution is -2.33. The van der Waals surface area contributed by atoms with Gasteiger partial charge in [0.1, 0.15) is 5.78 Å². The molecule has 2 rings (SSSR count). The molecule has 3 unspecified atom stereocenters. The third-order valence-electron chi connectivity index (χ3n) is 3.83. The summed E-state index contributed by atoms with van der Waals surface area (Å²) in [6.45, 7) is 7.73. The minimum Gasteiger partial charge on any atom is -0.299 e. The van der Waals surface area contributed by atoms with Crippen molar-refractivity contribution in [1.82, 2.24) is 0 Å². The molecular weight excluding hydrogens is 172 g/mol. The monoisotopic (exact) mass is 190 g/mol. The molecule has 0 heterocycles. The molecule has 0 saturated heterocycles. The normalized spacial score (nSPS) is 39.0. The molecule has 1 saturated carbocycles. The number of Topliss-reactive ketones (excluding diaryl/α,β-unsaturated/α-hetero) is 1. The fraction of sp³-hybridized carbons (Fsp3) is 0.615. The molecule has 2 bridgehead atoms. The van der Waals surface area contributed by atoms with Crippen LogP contribution in [0, 0.1) is 17.3 Å². The average molecular weight is 190 g/mol. The van der Waals surface area contributed by atoms with E-state index in [1.807, 2.05) is 6.92 Å². The molecular formula is C13H18O. The maximum Gasteiger partial charge on any atom is 0.136 e. The van der Waals surface area contributed by atoms with Crippen LogP contribution in [0.1, 0.15) is 33.1 Å². The highest BCUT2D eigenvalue weighted by molar-refractivity contribution is 5.84. The van der Waals surface area contributed by atoms with E-state index in [9.17, 15) is 4.79 Å². The first-order valence-electron chi connectivity index (χ1n) is 5.38. The zero-order valence-electron chi connectivity index (χ0n) is 9.05. The number of carbonyl (C=O) groups is 1. The molecule has 0 aromatic heterocycles. The molecule has 0 radical (unpaired) electrons. The van der Waals surface area contributed by atoms with E-state index >= 15 is 0 Å². The van der Waals surface area contributed by atoms with Gasteiger partial charge in [-0.2, -0.15) is 0 Å². The van der Waals surface area contributed by atoms with Crippen LogP contribution in [0.5, 0.6) is 0 Å². The maximum absolute atomic E-state index is 11.8. The SMILES string of the molecule is C=C(C)CC1(C(C)=O)CC2C=CC1C2.